The first-order chi connectivity index (χ1) is 13.5. The van der Waals surface area contributed by atoms with Gasteiger partial charge in [-0.2, -0.15) is 0 Å². The Hall–Kier alpha value is -2.58. The van der Waals surface area contributed by atoms with E-state index in [-0.39, 0.29) is 24.3 Å². The number of nitrogens with one attached hydrogen (secondary N) is 2. The van der Waals surface area contributed by atoms with Crippen LogP contribution < -0.4 is 10.6 Å². The van der Waals surface area contributed by atoms with Crippen LogP contribution >= 0.6 is 0 Å². The van der Waals surface area contributed by atoms with E-state index < -0.39 is 23.8 Å². The molecule has 0 bridgehead atoms. The number of hydrogen-bond donors (Lipinski definition) is 2. The number of rotatable bonds is 3. The monoisotopic (exact) mass is 382 g/mol. The van der Waals surface area contributed by atoms with Gasteiger partial charge in [0.25, 0.3) is 11.8 Å². The van der Waals surface area contributed by atoms with Crippen molar-refractivity contribution in [3.8, 4) is 0 Å². The maximum atomic E-state index is 12.9. The number of likely N-dealkylation sites (tertiary alicyclic amines) is 1. The van der Waals surface area contributed by atoms with E-state index in [0.29, 0.717) is 11.1 Å². The van der Waals surface area contributed by atoms with Gasteiger partial charge in [-0.1, -0.05) is 6.07 Å². The van der Waals surface area contributed by atoms with Crippen LogP contribution in [0.1, 0.15) is 52.0 Å². The van der Waals surface area contributed by atoms with Gasteiger partial charge in [-0.15, -0.1) is 0 Å². The summed E-state index contributed by atoms with van der Waals surface area (Å²) in [5, 5.41) is 5.75. The van der Waals surface area contributed by atoms with Crippen molar-refractivity contribution < 1.29 is 19.2 Å². The van der Waals surface area contributed by atoms with Crippen LogP contribution in [0.25, 0.3) is 0 Å². The van der Waals surface area contributed by atoms with Crippen molar-refractivity contribution in [2.75, 3.05) is 19.6 Å². The number of imide groups is 2. The molecule has 8 heteroatoms. The Morgan fingerprint density at radius 3 is 2.54 bits per heavy atom. The van der Waals surface area contributed by atoms with E-state index in [1.165, 1.54) is 6.42 Å². The molecule has 4 amide bonds. The third-order valence-corrected chi connectivity index (χ3v) is 6.45. The molecule has 2 unspecified atom stereocenters. The third-order valence-electron chi connectivity index (χ3n) is 6.45. The number of amides is 4. The number of nitrogens with zero attached hydrogens (tertiary/aromatic N) is 2. The first-order valence-electron chi connectivity index (χ1n) is 9.78. The molecule has 1 aromatic rings. The van der Waals surface area contributed by atoms with Gasteiger partial charge in [0.2, 0.25) is 11.8 Å². The molecule has 0 saturated carbocycles. The molecule has 4 aliphatic heterocycles. The zero-order chi connectivity index (χ0) is 19.5. The normalized spacial score (nSPS) is 30.0. The second-order valence-electron chi connectivity index (χ2n) is 8.24. The topological polar surface area (TPSA) is 98.8 Å². The van der Waals surface area contributed by atoms with Gasteiger partial charge in [0.1, 0.15) is 6.04 Å². The summed E-state index contributed by atoms with van der Waals surface area (Å²) in [6.45, 7) is 3.83. The molecule has 2 atom stereocenters. The number of piperidine rings is 1. The summed E-state index contributed by atoms with van der Waals surface area (Å²) in [5.41, 5.74) is 1.94. The maximum absolute atomic E-state index is 12.9. The predicted octanol–water partition coefficient (Wildman–Crippen LogP) is 0.0256. The molecule has 0 aromatic heterocycles. The highest BCUT2D eigenvalue weighted by Crippen LogP contribution is 2.32. The summed E-state index contributed by atoms with van der Waals surface area (Å²) < 4.78 is 0. The quantitative estimate of drug-likeness (QED) is 0.716. The Labute approximate surface area is 162 Å². The highest BCUT2D eigenvalue weighted by atomic mass is 16.2. The lowest BCUT2D eigenvalue weighted by Crippen LogP contribution is -2.58. The Morgan fingerprint density at radius 2 is 1.86 bits per heavy atom. The van der Waals surface area contributed by atoms with Gasteiger partial charge in [0, 0.05) is 31.6 Å². The van der Waals surface area contributed by atoms with E-state index in [1.54, 1.807) is 12.1 Å². The molecule has 4 aliphatic rings. The average Bonchev–Trinajstić information content (AvgIpc) is 3.17. The van der Waals surface area contributed by atoms with Crippen LogP contribution in [0.2, 0.25) is 0 Å². The Balaban J connectivity index is 1.34. The van der Waals surface area contributed by atoms with E-state index in [0.717, 1.165) is 43.1 Å². The lowest BCUT2D eigenvalue weighted by molar-refractivity contribution is -0.136. The Kier molecular flexibility index (Phi) is 3.89. The molecule has 1 spiro atoms. The largest absolute Gasteiger partial charge is 0.310 e. The van der Waals surface area contributed by atoms with Crippen LogP contribution in [0.5, 0.6) is 0 Å². The molecule has 4 heterocycles. The van der Waals surface area contributed by atoms with Crippen molar-refractivity contribution in [3.05, 3.63) is 34.9 Å². The first kappa shape index (κ1) is 17.5. The minimum Gasteiger partial charge on any atom is -0.310 e. The van der Waals surface area contributed by atoms with Crippen molar-refractivity contribution in [3.63, 3.8) is 0 Å². The van der Waals surface area contributed by atoms with Gasteiger partial charge in [0.15, 0.2) is 0 Å². The van der Waals surface area contributed by atoms with Gasteiger partial charge in [-0.25, -0.2) is 0 Å². The standard InChI is InChI=1S/C20H22N4O4/c25-16-4-3-15(17(26)22-16)24-18(27)13-2-1-12(9-14(13)19(24)28)10-23-8-6-20(11-23)5-7-21-20/h1-2,9,15,21H,3-8,10-11H2,(H,22,25,26). The lowest BCUT2D eigenvalue weighted by Gasteiger charge is -2.40. The van der Waals surface area contributed by atoms with Crippen molar-refractivity contribution in [1.29, 1.82) is 0 Å². The van der Waals surface area contributed by atoms with Crippen molar-refractivity contribution in [2.24, 2.45) is 0 Å². The molecular weight excluding hydrogens is 360 g/mol. The van der Waals surface area contributed by atoms with Crippen molar-refractivity contribution >= 4 is 23.6 Å². The summed E-state index contributed by atoms with van der Waals surface area (Å²) in [5.74, 6) is -1.86. The van der Waals surface area contributed by atoms with E-state index in [2.05, 4.69) is 15.5 Å². The lowest BCUT2D eigenvalue weighted by atomic mass is 9.87. The molecule has 8 nitrogen and oxygen atoms in total. The molecule has 0 aliphatic carbocycles. The van der Waals surface area contributed by atoms with E-state index in [1.807, 2.05) is 6.07 Å². The molecule has 0 radical (unpaired) electrons. The molecule has 1 aromatic carbocycles. The van der Waals surface area contributed by atoms with Crippen LogP contribution in [0.15, 0.2) is 18.2 Å². The van der Waals surface area contributed by atoms with E-state index in [4.69, 9.17) is 0 Å². The molecule has 5 rings (SSSR count). The van der Waals surface area contributed by atoms with E-state index >= 15 is 0 Å². The van der Waals surface area contributed by atoms with Crippen LogP contribution in [0.4, 0.5) is 0 Å². The number of carbonyl (C=O) groups is 4. The average molecular weight is 382 g/mol. The maximum Gasteiger partial charge on any atom is 0.262 e. The fourth-order valence-electron chi connectivity index (χ4n) is 4.79. The second-order valence-corrected chi connectivity index (χ2v) is 8.24. The minimum absolute atomic E-state index is 0.125. The van der Waals surface area contributed by atoms with Gasteiger partial charge >= 0.3 is 0 Å². The molecule has 28 heavy (non-hydrogen) atoms. The van der Waals surface area contributed by atoms with Gasteiger partial charge in [-0.05, 0) is 43.5 Å². The molecule has 146 valence electrons. The van der Waals surface area contributed by atoms with E-state index in [9.17, 15) is 19.2 Å². The van der Waals surface area contributed by atoms with Crippen LogP contribution in [0.3, 0.4) is 0 Å². The van der Waals surface area contributed by atoms with Crippen molar-refractivity contribution in [1.82, 2.24) is 20.4 Å². The zero-order valence-electron chi connectivity index (χ0n) is 15.5. The molecule has 3 fully saturated rings. The third kappa shape index (κ3) is 2.67. The second kappa shape index (κ2) is 6.22. The number of fused-ring (bicyclic) bond motifs is 1. The summed E-state index contributed by atoms with van der Waals surface area (Å²) in [6.07, 6.45) is 2.64. The first-order valence-corrected chi connectivity index (χ1v) is 9.78. The van der Waals surface area contributed by atoms with Crippen LogP contribution in [-0.2, 0) is 16.1 Å². The smallest absolute Gasteiger partial charge is 0.262 e. The predicted molar refractivity (Wildman–Crippen MR) is 98.4 cm³/mol. The fraction of sp³-hybridized carbons (Fsp3) is 0.500. The highest BCUT2D eigenvalue weighted by Gasteiger charge is 2.45. The fourth-order valence-corrected chi connectivity index (χ4v) is 4.79. The number of carbonyl (C=O) groups excluding carboxylic acids is 4. The summed E-state index contributed by atoms with van der Waals surface area (Å²) >= 11 is 0. The Morgan fingerprint density at radius 1 is 1.07 bits per heavy atom. The SMILES string of the molecule is O=C1CCC(N2C(=O)c3ccc(CN4CCC5(CCN5)C4)cc3C2=O)C(=O)N1. The number of hydrogen-bond acceptors (Lipinski definition) is 6. The summed E-state index contributed by atoms with van der Waals surface area (Å²) in [7, 11) is 0. The van der Waals surface area contributed by atoms with Gasteiger partial charge < -0.3 is 5.32 Å². The summed E-state index contributed by atoms with van der Waals surface area (Å²) in [6, 6.07) is 4.43. The van der Waals surface area contributed by atoms with Crippen molar-refractivity contribution in [2.45, 2.75) is 43.8 Å². The Bertz CT molecular complexity index is 907. The number of benzene rings is 1. The van der Waals surface area contributed by atoms with Crippen LogP contribution in [0, 0.1) is 0 Å². The highest BCUT2D eigenvalue weighted by molar-refractivity contribution is 6.23. The molecular formula is C20H22N4O4. The van der Waals surface area contributed by atoms with Gasteiger partial charge in [-0.3, -0.25) is 34.3 Å². The zero-order valence-corrected chi connectivity index (χ0v) is 15.5. The minimum atomic E-state index is -0.920. The summed E-state index contributed by atoms with van der Waals surface area (Å²) in [4.78, 5) is 52.5. The molecule has 2 N–H and O–H groups in total. The van der Waals surface area contributed by atoms with Crippen LogP contribution in [-0.4, -0.2) is 64.6 Å². The molecule has 3 saturated heterocycles. The van der Waals surface area contributed by atoms with Gasteiger partial charge in [0.05, 0.1) is 11.1 Å².